The molecule has 0 amide bonds. The van der Waals surface area contributed by atoms with Crippen LogP contribution in [-0.2, 0) is 0 Å². The van der Waals surface area contributed by atoms with Crippen molar-refractivity contribution in [3.63, 3.8) is 0 Å². The molecule has 2 aromatic rings. The average molecular weight is 150 g/mol. The number of imidazole rings is 1. The van der Waals surface area contributed by atoms with Crippen LogP contribution in [0.1, 0.15) is 5.82 Å². The molecule has 58 valence electrons. The molecule has 2 aromatic heterocycles. The summed E-state index contributed by atoms with van der Waals surface area (Å²) in [5, 5.41) is 6.21. The van der Waals surface area contributed by atoms with E-state index in [0.717, 1.165) is 5.82 Å². The molecule has 0 saturated heterocycles. The van der Waals surface area contributed by atoms with E-state index in [4.69, 9.17) is 0 Å². The van der Waals surface area contributed by atoms with Crippen molar-refractivity contribution in [3.05, 3.63) is 36.7 Å². The highest BCUT2D eigenvalue weighted by Crippen LogP contribution is 1.78. The van der Waals surface area contributed by atoms with Gasteiger partial charge in [-0.3, -0.25) is 5.10 Å². The van der Waals surface area contributed by atoms with E-state index in [1.807, 2.05) is 13.0 Å². The summed E-state index contributed by atoms with van der Waals surface area (Å²) in [6, 6.07) is 1.83. The molecule has 11 heavy (non-hydrogen) atoms. The van der Waals surface area contributed by atoms with E-state index in [2.05, 4.69) is 20.2 Å². The molecule has 2 rings (SSSR count). The van der Waals surface area contributed by atoms with E-state index >= 15 is 0 Å². The fourth-order valence-electron chi connectivity index (χ4n) is 0.559. The zero-order valence-corrected chi connectivity index (χ0v) is 6.28. The first kappa shape index (κ1) is 7.53. The Morgan fingerprint density at radius 1 is 1.27 bits per heavy atom. The van der Waals surface area contributed by atoms with Crippen molar-refractivity contribution < 1.29 is 0 Å². The fraction of sp³-hybridized carbons (Fsp3) is 0.143. The first-order valence-electron chi connectivity index (χ1n) is 3.29. The topological polar surface area (TPSA) is 57.4 Å². The number of rotatable bonds is 0. The second-order valence-electron chi connectivity index (χ2n) is 1.94. The highest BCUT2D eigenvalue weighted by molar-refractivity contribution is 4.80. The molecule has 4 heteroatoms. The highest BCUT2D eigenvalue weighted by atomic mass is 15.1. The van der Waals surface area contributed by atoms with Crippen LogP contribution in [0.5, 0.6) is 0 Å². The molecule has 2 heterocycles. The van der Waals surface area contributed by atoms with Gasteiger partial charge in [0.05, 0.1) is 0 Å². The number of aromatic nitrogens is 4. The van der Waals surface area contributed by atoms with Gasteiger partial charge < -0.3 is 4.98 Å². The number of nitrogens with one attached hydrogen (secondary N) is 2. The molecule has 4 nitrogen and oxygen atoms in total. The van der Waals surface area contributed by atoms with Crippen LogP contribution in [0, 0.1) is 6.92 Å². The Kier molecular flexibility index (Phi) is 2.92. The van der Waals surface area contributed by atoms with Gasteiger partial charge in [0.2, 0.25) is 0 Å². The lowest BCUT2D eigenvalue weighted by molar-refractivity contribution is 1.09. The van der Waals surface area contributed by atoms with E-state index in [1.54, 1.807) is 24.8 Å². The van der Waals surface area contributed by atoms with Gasteiger partial charge in [-0.15, -0.1) is 0 Å². The number of aromatic amines is 2. The summed E-state index contributed by atoms with van der Waals surface area (Å²) >= 11 is 0. The Morgan fingerprint density at radius 3 is 2.36 bits per heavy atom. The quantitative estimate of drug-likeness (QED) is 0.591. The molecule has 0 aliphatic heterocycles. The minimum absolute atomic E-state index is 0.968. The van der Waals surface area contributed by atoms with Gasteiger partial charge in [-0.1, -0.05) is 0 Å². The van der Waals surface area contributed by atoms with Gasteiger partial charge in [0.1, 0.15) is 5.82 Å². The van der Waals surface area contributed by atoms with Gasteiger partial charge in [0.15, 0.2) is 0 Å². The SMILES string of the molecule is Cc1ncc[nH]1.c1cn[nH]c1. The Labute approximate surface area is 64.7 Å². The van der Waals surface area contributed by atoms with Crippen LogP contribution in [0.4, 0.5) is 0 Å². The van der Waals surface area contributed by atoms with Gasteiger partial charge in [0.25, 0.3) is 0 Å². The molecule has 0 spiro atoms. The molecule has 0 fully saturated rings. The van der Waals surface area contributed by atoms with E-state index in [-0.39, 0.29) is 0 Å². The third-order valence-electron chi connectivity index (χ3n) is 1.04. The largest absolute Gasteiger partial charge is 0.349 e. The van der Waals surface area contributed by atoms with Crippen LogP contribution in [0.3, 0.4) is 0 Å². The number of aryl methyl sites for hydroxylation is 1. The second kappa shape index (κ2) is 4.27. The molecule has 0 saturated carbocycles. The first-order valence-corrected chi connectivity index (χ1v) is 3.29. The van der Waals surface area contributed by atoms with Gasteiger partial charge >= 0.3 is 0 Å². The average Bonchev–Trinajstić information content (AvgIpc) is 2.57. The number of hydrogen-bond acceptors (Lipinski definition) is 2. The Bertz CT molecular complexity index is 229. The second-order valence-corrected chi connectivity index (χ2v) is 1.94. The van der Waals surface area contributed by atoms with Crippen molar-refractivity contribution in [2.45, 2.75) is 6.92 Å². The van der Waals surface area contributed by atoms with Gasteiger partial charge in [-0.2, -0.15) is 5.10 Å². The fourth-order valence-corrected chi connectivity index (χ4v) is 0.559. The first-order chi connectivity index (χ1) is 5.39. The summed E-state index contributed by atoms with van der Waals surface area (Å²) in [5.41, 5.74) is 0. The predicted octanol–water partition coefficient (Wildman–Crippen LogP) is 1.13. The molecule has 0 aliphatic rings. The predicted molar refractivity (Wildman–Crippen MR) is 41.9 cm³/mol. The minimum atomic E-state index is 0.968. The van der Waals surface area contributed by atoms with E-state index in [0.29, 0.717) is 0 Å². The van der Waals surface area contributed by atoms with Crippen LogP contribution in [0.15, 0.2) is 30.9 Å². The summed E-state index contributed by atoms with van der Waals surface area (Å²) in [6.45, 7) is 1.92. The lowest BCUT2D eigenvalue weighted by Gasteiger charge is -1.68. The number of hydrogen-bond donors (Lipinski definition) is 2. The third-order valence-corrected chi connectivity index (χ3v) is 1.04. The van der Waals surface area contributed by atoms with Crippen molar-refractivity contribution >= 4 is 0 Å². The summed E-state index contributed by atoms with van der Waals surface area (Å²) < 4.78 is 0. The van der Waals surface area contributed by atoms with Crippen LogP contribution >= 0.6 is 0 Å². The van der Waals surface area contributed by atoms with E-state index in [9.17, 15) is 0 Å². The summed E-state index contributed by atoms with van der Waals surface area (Å²) in [4.78, 5) is 6.75. The normalized spacial score (nSPS) is 8.45. The van der Waals surface area contributed by atoms with Crippen molar-refractivity contribution in [2.75, 3.05) is 0 Å². The van der Waals surface area contributed by atoms with Crippen LogP contribution in [0.25, 0.3) is 0 Å². The Morgan fingerprint density at radius 2 is 2.18 bits per heavy atom. The van der Waals surface area contributed by atoms with Crippen molar-refractivity contribution in [1.29, 1.82) is 0 Å². The van der Waals surface area contributed by atoms with Crippen molar-refractivity contribution in [1.82, 2.24) is 20.2 Å². The maximum absolute atomic E-state index is 3.86. The summed E-state index contributed by atoms with van der Waals surface area (Å²) in [6.07, 6.45) is 6.99. The number of nitrogens with zero attached hydrogens (tertiary/aromatic N) is 2. The summed E-state index contributed by atoms with van der Waals surface area (Å²) in [5.74, 6) is 0.968. The number of H-pyrrole nitrogens is 2. The van der Waals surface area contributed by atoms with Gasteiger partial charge in [-0.05, 0) is 13.0 Å². The Hall–Kier alpha value is -1.58. The standard InChI is InChI=1S/C4H6N2.C3H4N2/c1-4-5-2-3-6-4;1-2-4-5-3-1/h2-3H,1H3,(H,5,6);1-3H,(H,4,5). The minimum Gasteiger partial charge on any atom is -0.349 e. The van der Waals surface area contributed by atoms with Gasteiger partial charge in [-0.25, -0.2) is 4.98 Å². The van der Waals surface area contributed by atoms with Gasteiger partial charge in [0, 0.05) is 24.8 Å². The molecule has 0 aromatic carbocycles. The molecule has 0 unspecified atom stereocenters. The monoisotopic (exact) mass is 150 g/mol. The van der Waals surface area contributed by atoms with E-state index in [1.165, 1.54) is 0 Å². The zero-order valence-electron chi connectivity index (χ0n) is 6.28. The van der Waals surface area contributed by atoms with Crippen molar-refractivity contribution in [2.24, 2.45) is 0 Å². The van der Waals surface area contributed by atoms with Crippen LogP contribution < -0.4 is 0 Å². The lowest BCUT2D eigenvalue weighted by atomic mass is 10.8. The maximum atomic E-state index is 3.86. The van der Waals surface area contributed by atoms with Crippen LogP contribution in [-0.4, -0.2) is 20.2 Å². The van der Waals surface area contributed by atoms with E-state index < -0.39 is 0 Å². The molecular weight excluding hydrogens is 140 g/mol. The molecule has 0 bridgehead atoms. The molecule has 2 N–H and O–H groups in total. The third kappa shape index (κ3) is 3.20. The lowest BCUT2D eigenvalue weighted by Crippen LogP contribution is -1.66. The van der Waals surface area contributed by atoms with Crippen molar-refractivity contribution in [3.8, 4) is 0 Å². The highest BCUT2D eigenvalue weighted by Gasteiger charge is 1.73. The smallest absolute Gasteiger partial charge is 0.102 e. The molecular formula is C7H10N4. The zero-order chi connectivity index (χ0) is 7.94. The van der Waals surface area contributed by atoms with Crippen LogP contribution in [0.2, 0.25) is 0 Å². The summed E-state index contributed by atoms with van der Waals surface area (Å²) in [7, 11) is 0. The Balaban J connectivity index is 0.000000112. The molecule has 0 radical (unpaired) electrons. The molecule has 0 aliphatic carbocycles. The molecule has 0 atom stereocenters. The maximum Gasteiger partial charge on any atom is 0.102 e.